The Labute approximate surface area is 96.2 Å². The van der Waals surface area contributed by atoms with Crippen molar-refractivity contribution in [3.63, 3.8) is 0 Å². The number of unbranched alkanes of at least 4 members (excludes halogenated alkanes) is 5. The topological polar surface area (TPSA) is 29.5 Å². The Hall–Kier alpha value is 0.400. The van der Waals surface area contributed by atoms with Crippen molar-refractivity contribution in [3.8, 4) is 0 Å². The van der Waals surface area contributed by atoms with Gasteiger partial charge in [0.2, 0.25) is 0 Å². The molecule has 0 spiro atoms. The molecule has 14 heavy (non-hydrogen) atoms. The Morgan fingerprint density at radius 1 is 1.14 bits per heavy atom. The highest BCUT2D eigenvalue weighted by Gasteiger charge is 2.00. The summed E-state index contributed by atoms with van der Waals surface area (Å²) in [5.74, 6) is 0. The smallest absolute Gasteiger partial charge is 0.0870 e. The molecule has 1 N–H and O–H groups in total. The number of aliphatic hydroxyl groups excluding tert-OH is 1. The third-order valence-corrected chi connectivity index (χ3v) is 2.88. The van der Waals surface area contributed by atoms with Crippen LogP contribution in [0.1, 0.15) is 45.4 Å². The molecule has 2 nitrogen and oxygen atoms in total. The Morgan fingerprint density at radius 3 is 2.43 bits per heavy atom. The van der Waals surface area contributed by atoms with Crippen molar-refractivity contribution in [1.82, 2.24) is 0 Å². The summed E-state index contributed by atoms with van der Waals surface area (Å²) >= 11 is 3.20. The van der Waals surface area contributed by atoms with Crippen LogP contribution < -0.4 is 0 Å². The van der Waals surface area contributed by atoms with E-state index in [0.717, 1.165) is 13.0 Å². The van der Waals surface area contributed by atoms with Gasteiger partial charge in [0, 0.05) is 11.9 Å². The molecule has 86 valence electrons. The minimum atomic E-state index is -0.352. The number of alkyl halides is 1. The first-order valence-electron chi connectivity index (χ1n) is 5.63. The summed E-state index contributed by atoms with van der Waals surface area (Å²) < 4.78 is 5.31. The van der Waals surface area contributed by atoms with Crippen molar-refractivity contribution in [2.24, 2.45) is 0 Å². The molecule has 0 rings (SSSR count). The number of ether oxygens (including phenoxy) is 1. The molecule has 0 saturated heterocycles. The van der Waals surface area contributed by atoms with E-state index in [1.807, 2.05) is 0 Å². The first-order chi connectivity index (χ1) is 6.81. The van der Waals surface area contributed by atoms with Crippen molar-refractivity contribution in [2.45, 2.75) is 51.6 Å². The third kappa shape index (κ3) is 10.5. The second-order valence-corrected chi connectivity index (χ2v) is 4.30. The zero-order valence-electron chi connectivity index (χ0n) is 9.17. The Kier molecular flexibility index (Phi) is 11.8. The van der Waals surface area contributed by atoms with Gasteiger partial charge in [0.25, 0.3) is 0 Å². The molecular formula is C11H23BrO2. The lowest BCUT2D eigenvalue weighted by Crippen LogP contribution is -2.16. The second-order valence-electron chi connectivity index (χ2n) is 3.65. The molecule has 1 unspecified atom stereocenters. The maximum absolute atomic E-state index is 9.16. The molecule has 0 aromatic rings. The van der Waals surface area contributed by atoms with E-state index in [1.54, 1.807) is 0 Å². The highest BCUT2D eigenvalue weighted by Crippen LogP contribution is 2.05. The third-order valence-electron chi connectivity index (χ3n) is 2.13. The van der Waals surface area contributed by atoms with Gasteiger partial charge in [-0.25, -0.2) is 0 Å². The Morgan fingerprint density at radius 2 is 1.79 bits per heavy atom. The number of hydrogen-bond donors (Lipinski definition) is 1. The van der Waals surface area contributed by atoms with Crippen LogP contribution in [0.4, 0.5) is 0 Å². The number of halogens is 1. The number of rotatable bonds is 10. The van der Waals surface area contributed by atoms with Crippen molar-refractivity contribution < 1.29 is 9.84 Å². The fourth-order valence-electron chi connectivity index (χ4n) is 1.25. The van der Waals surface area contributed by atoms with Crippen LogP contribution in [0.2, 0.25) is 0 Å². The van der Waals surface area contributed by atoms with Crippen molar-refractivity contribution in [2.75, 3.05) is 18.5 Å². The maximum Gasteiger partial charge on any atom is 0.0870 e. The largest absolute Gasteiger partial charge is 0.390 e. The molecular weight excluding hydrogens is 244 g/mol. The molecule has 0 aliphatic rings. The van der Waals surface area contributed by atoms with Crippen LogP contribution >= 0.6 is 15.9 Å². The van der Waals surface area contributed by atoms with Crippen LogP contribution in [0.5, 0.6) is 0 Å². The van der Waals surface area contributed by atoms with Crippen molar-refractivity contribution in [1.29, 1.82) is 0 Å². The van der Waals surface area contributed by atoms with Crippen molar-refractivity contribution >= 4 is 15.9 Å². The molecule has 0 amide bonds. The molecule has 0 bridgehead atoms. The van der Waals surface area contributed by atoms with Crippen LogP contribution in [-0.4, -0.2) is 29.8 Å². The lowest BCUT2D eigenvalue weighted by Gasteiger charge is -2.07. The molecule has 0 heterocycles. The molecule has 0 fully saturated rings. The van der Waals surface area contributed by atoms with E-state index in [9.17, 15) is 0 Å². The van der Waals surface area contributed by atoms with Crippen LogP contribution in [0.25, 0.3) is 0 Å². The zero-order valence-corrected chi connectivity index (χ0v) is 10.8. The van der Waals surface area contributed by atoms with E-state index in [-0.39, 0.29) is 6.10 Å². The minimum Gasteiger partial charge on any atom is -0.390 e. The summed E-state index contributed by atoms with van der Waals surface area (Å²) in [7, 11) is 0. The van der Waals surface area contributed by atoms with E-state index < -0.39 is 0 Å². The normalized spacial score (nSPS) is 13.1. The van der Waals surface area contributed by atoms with Gasteiger partial charge < -0.3 is 9.84 Å². The van der Waals surface area contributed by atoms with Crippen LogP contribution in [0.15, 0.2) is 0 Å². The Balaban J connectivity index is 2.92. The van der Waals surface area contributed by atoms with Gasteiger partial charge in [0.1, 0.15) is 0 Å². The van der Waals surface area contributed by atoms with Crippen molar-refractivity contribution in [3.05, 3.63) is 0 Å². The quantitative estimate of drug-likeness (QED) is 0.487. The van der Waals surface area contributed by atoms with Gasteiger partial charge >= 0.3 is 0 Å². The fraction of sp³-hybridized carbons (Fsp3) is 1.00. The lowest BCUT2D eigenvalue weighted by atomic mass is 10.1. The molecule has 0 aliphatic heterocycles. The summed E-state index contributed by atoms with van der Waals surface area (Å²) in [5, 5.41) is 9.76. The van der Waals surface area contributed by atoms with Crippen LogP contribution in [0.3, 0.4) is 0 Å². The van der Waals surface area contributed by atoms with Crippen LogP contribution in [0, 0.1) is 0 Å². The average molecular weight is 267 g/mol. The molecule has 1 atom stereocenters. The maximum atomic E-state index is 9.16. The van der Waals surface area contributed by atoms with Gasteiger partial charge in [-0.15, -0.1) is 0 Å². The lowest BCUT2D eigenvalue weighted by molar-refractivity contribution is 0.0473. The fourth-order valence-corrected chi connectivity index (χ4v) is 1.44. The van der Waals surface area contributed by atoms with Gasteiger partial charge in [-0.2, -0.15) is 0 Å². The minimum absolute atomic E-state index is 0.352. The van der Waals surface area contributed by atoms with E-state index in [0.29, 0.717) is 11.9 Å². The first kappa shape index (κ1) is 14.4. The molecule has 0 radical (unpaired) electrons. The van der Waals surface area contributed by atoms with Crippen LogP contribution in [-0.2, 0) is 4.74 Å². The van der Waals surface area contributed by atoms with Gasteiger partial charge in [-0.05, 0) is 6.42 Å². The summed E-state index contributed by atoms with van der Waals surface area (Å²) in [6.07, 6.45) is 7.34. The highest BCUT2D eigenvalue weighted by molar-refractivity contribution is 9.09. The van der Waals surface area contributed by atoms with E-state index in [2.05, 4.69) is 22.9 Å². The van der Waals surface area contributed by atoms with Gasteiger partial charge in [0.15, 0.2) is 0 Å². The predicted molar refractivity (Wildman–Crippen MR) is 64.0 cm³/mol. The summed E-state index contributed by atoms with van der Waals surface area (Å²) in [5.41, 5.74) is 0. The molecule has 0 saturated carbocycles. The highest BCUT2D eigenvalue weighted by atomic mass is 79.9. The standard InChI is InChI=1S/C11H23BrO2/c1-2-3-4-5-6-7-8-14-10-11(13)9-12/h11,13H,2-10H2,1H3. The van der Waals surface area contributed by atoms with Gasteiger partial charge in [-0.1, -0.05) is 55.0 Å². The number of hydrogen-bond acceptors (Lipinski definition) is 2. The summed E-state index contributed by atoms with van der Waals surface area (Å²) in [4.78, 5) is 0. The Bertz CT molecular complexity index is 109. The van der Waals surface area contributed by atoms with E-state index >= 15 is 0 Å². The number of aliphatic hydroxyl groups is 1. The molecule has 0 aromatic heterocycles. The SMILES string of the molecule is CCCCCCCCOCC(O)CBr. The average Bonchev–Trinajstić information content (AvgIpc) is 2.21. The summed E-state index contributed by atoms with van der Waals surface area (Å²) in [6, 6.07) is 0. The van der Waals surface area contributed by atoms with E-state index in [4.69, 9.17) is 9.84 Å². The molecule has 0 aliphatic carbocycles. The predicted octanol–water partition coefficient (Wildman–Crippen LogP) is 3.12. The second kappa shape index (κ2) is 11.5. The first-order valence-corrected chi connectivity index (χ1v) is 6.75. The van der Waals surface area contributed by atoms with Gasteiger partial charge in [-0.3, -0.25) is 0 Å². The van der Waals surface area contributed by atoms with E-state index in [1.165, 1.54) is 32.1 Å². The molecule has 0 aromatic carbocycles. The molecule has 3 heteroatoms. The van der Waals surface area contributed by atoms with Gasteiger partial charge in [0.05, 0.1) is 12.7 Å². The summed E-state index contributed by atoms with van der Waals surface area (Å²) in [6.45, 7) is 3.47. The monoisotopic (exact) mass is 266 g/mol. The zero-order chi connectivity index (χ0) is 10.6.